The van der Waals surface area contributed by atoms with Gasteiger partial charge in [-0.25, -0.2) is 0 Å². The molecule has 2 N–H and O–H groups in total. The Morgan fingerprint density at radius 2 is 1.85 bits per heavy atom. The smallest absolute Gasteiger partial charge is 0.222 e. The lowest BCUT2D eigenvalue weighted by atomic mass is 9.76. The molecule has 0 saturated carbocycles. The summed E-state index contributed by atoms with van der Waals surface area (Å²) in [5.41, 5.74) is 5.95. The summed E-state index contributed by atoms with van der Waals surface area (Å²) >= 11 is 0. The van der Waals surface area contributed by atoms with Gasteiger partial charge in [0.05, 0.1) is 0 Å². The van der Waals surface area contributed by atoms with Crippen LogP contribution in [0.1, 0.15) is 46.5 Å². The Kier molecular flexibility index (Phi) is 6.96. The average molecular weight is 283 g/mol. The molecule has 1 heterocycles. The van der Waals surface area contributed by atoms with Crippen molar-refractivity contribution in [2.24, 2.45) is 17.1 Å². The zero-order valence-corrected chi connectivity index (χ0v) is 13.8. The van der Waals surface area contributed by atoms with E-state index in [1.54, 1.807) is 0 Å². The van der Waals surface area contributed by atoms with Gasteiger partial charge in [-0.15, -0.1) is 0 Å². The molecule has 0 radical (unpaired) electrons. The molecule has 0 aromatic carbocycles. The topological polar surface area (TPSA) is 49.6 Å². The van der Waals surface area contributed by atoms with Gasteiger partial charge in [0, 0.05) is 26.1 Å². The monoisotopic (exact) mass is 283 g/mol. The van der Waals surface area contributed by atoms with Gasteiger partial charge < -0.3 is 15.5 Å². The average Bonchev–Trinajstić information content (AvgIpc) is 2.57. The van der Waals surface area contributed by atoms with E-state index in [4.69, 9.17) is 5.73 Å². The Labute approximate surface area is 124 Å². The van der Waals surface area contributed by atoms with E-state index in [2.05, 4.69) is 32.7 Å². The van der Waals surface area contributed by atoms with E-state index in [9.17, 15) is 4.79 Å². The van der Waals surface area contributed by atoms with Crippen LogP contribution in [0.3, 0.4) is 0 Å². The van der Waals surface area contributed by atoms with Crippen LogP contribution in [0, 0.1) is 11.3 Å². The molecule has 1 unspecified atom stereocenters. The van der Waals surface area contributed by atoms with Crippen molar-refractivity contribution in [1.82, 2.24) is 9.80 Å². The minimum atomic E-state index is 0.235. The summed E-state index contributed by atoms with van der Waals surface area (Å²) in [6.45, 7) is 11.4. The number of likely N-dealkylation sites (N-methyl/N-ethyl adjacent to an activating group) is 1. The molecular formula is C16H33N3O. The molecule has 0 aromatic heterocycles. The molecule has 0 bridgehead atoms. The van der Waals surface area contributed by atoms with Gasteiger partial charge in [-0.1, -0.05) is 20.8 Å². The molecule has 1 amide bonds. The zero-order chi connectivity index (χ0) is 15.2. The fraction of sp³-hybridized carbons (Fsp3) is 0.938. The molecule has 0 aromatic rings. The van der Waals surface area contributed by atoms with Crippen molar-refractivity contribution in [2.75, 3.05) is 39.8 Å². The third-order valence-electron chi connectivity index (χ3n) is 4.52. The maximum Gasteiger partial charge on any atom is 0.222 e. The highest BCUT2D eigenvalue weighted by molar-refractivity contribution is 5.76. The van der Waals surface area contributed by atoms with Crippen molar-refractivity contribution in [2.45, 2.75) is 46.5 Å². The molecule has 1 saturated heterocycles. The number of amides is 1. The first-order chi connectivity index (χ1) is 9.34. The summed E-state index contributed by atoms with van der Waals surface area (Å²) in [5.74, 6) is 0.859. The minimum Gasteiger partial charge on any atom is -0.341 e. The molecule has 20 heavy (non-hydrogen) atoms. The molecule has 1 rings (SSSR count). The Morgan fingerprint density at radius 3 is 2.45 bits per heavy atom. The second-order valence-corrected chi connectivity index (χ2v) is 7.22. The van der Waals surface area contributed by atoms with Gasteiger partial charge >= 0.3 is 0 Å². The molecule has 4 heteroatoms. The Hall–Kier alpha value is -0.610. The van der Waals surface area contributed by atoms with Crippen molar-refractivity contribution >= 4 is 5.91 Å². The van der Waals surface area contributed by atoms with Gasteiger partial charge in [0.1, 0.15) is 0 Å². The van der Waals surface area contributed by atoms with Crippen LogP contribution in [0.15, 0.2) is 0 Å². The van der Waals surface area contributed by atoms with Gasteiger partial charge in [-0.2, -0.15) is 0 Å². The standard InChI is InChI=1S/C16H33N3O/c1-16(2,3)14(8-9-17)6-7-15(20)19-11-5-10-18(4)12-13-19/h14H,5-13,17H2,1-4H3. The van der Waals surface area contributed by atoms with Crippen molar-refractivity contribution in [3.63, 3.8) is 0 Å². The predicted molar refractivity (Wildman–Crippen MR) is 84.5 cm³/mol. The highest BCUT2D eigenvalue weighted by Gasteiger charge is 2.25. The van der Waals surface area contributed by atoms with Gasteiger partial charge in [0.15, 0.2) is 0 Å². The molecule has 1 aliphatic rings. The number of nitrogens with zero attached hydrogens (tertiary/aromatic N) is 2. The van der Waals surface area contributed by atoms with Crippen LogP contribution in [0.4, 0.5) is 0 Å². The predicted octanol–water partition coefficient (Wildman–Crippen LogP) is 1.94. The second kappa shape index (κ2) is 7.99. The van der Waals surface area contributed by atoms with Crippen LogP contribution in [0.2, 0.25) is 0 Å². The van der Waals surface area contributed by atoms with E-state index in [1.165, 1.54) is 0 Å². The number of hydrogen-bond donors (Lipinski definition) is 1. The molecular weight excluding hydrogens is 250 g/mol. The number of carbonyl (C=O) groups is 1. The molecule has 118 valence electrons. The van der Waals surface area contributed by atoms with E-state index in [1.807, 2.05) is 4.90 Å². The summed E-state index contributed by atoms with van der Waals surface area (Å²) in [4.78, 5) is 16.7. The summed E-state index contributed by atoms with van der Waals surface area (Å²) in [6.07, 6.45) is 3.74. The maximum atomic E-state index is 12.4. The SMILES string of the molecule is CN1CCCN(C(=O)CCC(CCN)C(C)(C)C)CC1. The van der Waals surface area contributed by atoms with Crippen LogP contribution < -0.4 is 5.73 Å². The molecule has 1 aliphatic heterocycles. The molecule has 1 atom stereocenters. The third-order valence-corrected chi connectivity index (χ3v) is 4.52. The van der Waals surface area contributed by atoms with E-state index in [0.29, 0.717) is 24.8 Å². The first-order valence-corrected chi connectivity index (χ1v) is 8.01. The molecule has 4 nitrogen and oxygen atoms in total. The van der Waals surface area contributed by atoms with E-state index >= 15 is 0 Å². The van der Waals surface area contributed by atoms with Crippen LogP contribution in [-0.2, 0) is 4.79 Å². The van der Waals surface area contributed by atoms with Crippen molar-refractivity contribution in [3.8, 4) is 0 Å². The summed E-state index contributed by atoms with van der Waals surface area (Å²) in [5, 5.41) is 0. The summed E-state index contributed by atoms with van der Waals surface area (Å²) in [7, 11) is 2.13. The van der Waals surface area contributed by atoms with E-state index in [0.717, 1.165) is 45.4 Å². The van der Waals surface area contributed by atoms with Crippen molar-refractivity contribution < 1.29 is 4.79 Å². The Bertz CT molecular complexity index is 299. The zero-order valence-electron chi connectivity index (χ0n) is 13.8. The lowest BCUT2D eigenvalue weighted by Gasteiger charge is -2.31. The third kappa shape index (κ3) is 5.80. The Balaban J connectivity index is 2.44. The second-order valence-electron chi connectivity index (χ2n) is 7.22. The first kappa shape index (κ1) is 17.4. The van der Waals surface area contributed by atoms with Gasteiger partial charge in [-0.05, 0) is 50.7 Å². The van der Waals surface area contributed by atoms with Crippen LogP contribution in [0.25, 0.3) is 0 Å². The minimum absolute atomic E-state index is 0.235. The number of rotatable bonds is 5. The summed E-state index contributed by atoms with van der Waals surface area (Å²) < 4.78 is 0. The molecule has 0 spiro atoms. The van der Waals surface area contributed by atoms with E-state index < -0.39 is 0 Å². The van der Waals surface area contributed by atoms with Gasteiger partial charge in [-0.3, -0.25) is 4.79 Å². The molecule has 1 fully saturated rings. The lowest BCUT2D eigenvalue weighted by Crippen LogP contribution is -2.35. The lowest BCUT2D eigenvalue weighted by molar-refractivity contribution is -0.131. The summed E-state index contributed by atoms with van der Waals surface area (Å²) in [6, 6.07) is 0. The van der Waals surface area contributed by atoms with E-state index in [-0.39, 0.29) is 5.41 Å². The molecule has 0 aliphatic carbocycles. The van der Waals surface area contributed by atoms with Gasteiger partial charge in [0.2, 0.25) is 5.91 Å². The normalized spacial score (nSPS) is 19.8. The fourth-order valence-corrected chi connectivity index (χ4v) is 2.96. The Morgan fingerprint density at radius 1 is 1.15 bits per heavy atom. The van der Waals surface area contributed by atoms with Crippen LogP contribution in [0.5, 0.6) is 0 Å². The first-order valence-electron chi connectivity index (χ1n) is 8.01. The number of hydrogen-bond acceptors (Lipinski definition) is 3. The fourth-order valence-electron chi connectivity index (χ4n) is 2.96. The number of carbonyl (C=O) groups excluding carboxylic acids is 1. The highest BCUT2D eigenvalue weighted by Crippen LogP contribution is 2.32. The largest absolute Gasteiger partial charge is 0.341 e. The maximum absolute atomic E-state index is 12.4. The van der Waals surface area contributed by atoms with Crippen LogP contribution in [-0.4, -0.2) is 55.5 Å². The van der Waals surface area contributed by atoms with Crippen LogP contribution >= 0.6 is 0 Å². The van der Waals surface area contributed by atoms with Gasteiger partial charge in [0.25, 0.3) is 0 Å². The van der Waals surface area contributed by atoms with Crippen molar-refractivity contribution in [3.05, 3.63) is 0 Å². The quantitative estimate of drug-likeness (QED) is 0.839. The van der Waals surface area contributed by atoms with Crippen molar-refractivity contribution in [1.29, 1.82) is 0 Å². The number of nitrogens with two attached hydrogens (primary N) is 1. The highest BCUT2D eigenvalue weighted by atomic mass is 16.2.